The highest BCUT2D eigenvalue weighted by Crippen LogP contribution is 2.13. The molecule has 16 heavy (non-hydrogen) atoms. The Morgan fingerprint density at radius 1 is 1.56 bits per heavy atom. The van der Waals surface area contributed by atoms with E-state index >= 15 is 0 Å². The molecule has 0 bridgehead atoms. The molecule has 1 atom stereocenters. The predicted octanol–water partition coefficient (Wildman–Crippen LogP) is 1.53. The number of nitrogens with one attached hydrogen (secondary N) is 1. The van der Waals surface area contributed by atoms with Gasteiger partial charge in [-0.2, -0.15) is 18.4 Å². The fourth-order valence-electron chi connectivity index (χ4n) is 1.23. The lowest BCUT2D eigenvalue weighted by Gasteiger charge is -2.19. The summed E-state index contributed by atoms with van der Waals surface area (Å²) in [5.74, 6) is -2.13. The summed E-state index contributed by atoms with van der Waals surface area (Å²) >= 11 is 0. The lowest BCUT2D eigenvalue weighted by atomic mass is 9.97. The van der Waals surface area contributed by atoms with Crippen LogP contribution >= 0.6 is 0 Å². The van der Waals surface area contributed by atoms with Gasteiger partial charge in [-0.3, -0.25) is 0 Å². The quantitative estimate of drug-likeness (QED) is 0.726. The number of nitrogens with zero attached hydrogens (tertiary/aromatic N) is 1. The van der Waals surface area contributed by atoms with E-state index in [1.54, 1.807) is 0 Å². The molecule has 1 rings (SSSR count). The largest absolute Gasteiger partial charge is 0.490 e. The number of carbonyl (C=O) groups is 1. The number of carboxylic acids is 1. The topological polar surface area (TPSA) is 73.1 Å². The van der Waals surface area contributed by atoms with Crippen LogP contribution < -0.4 is 5.32 Å². The highest BCUT2D eigenvalue weighted by molar-refractivity contribution is 5.73. The van der Waals surface area contributed by atoms with Crippen LogP contribution in [0, 0.1) is 17.2 Å². The summed E-state index contributed by atoms with van der Waals surface area (Å²) in [5.41, 5.74) is 0. The number of nitriles is 1. The second kappa shape index (κ2) is 7.06. The van der Waals surface area contributed by atoms with Gasteiger partial charge in [0, 0.05) is 6.42 Å². The molecule has 1 fully saturated rings. The van der Waals surface area contributed by atoms with E-state index in [1.807, 2.05) is 0 Å². The molecule has 1 saturated heterocycles. The van der Waals surface area contributed by atoms with Crippen LogP contribution in [0.1, 0.15) is 19.3 Å². The number of alkyl halides is 3. The van der Waals surface area contributed by atoms with E-state index in [2.05, 4.69) is 11.4 Å². The van der Waals surface area contributed by atoms with Crippen LogP contribution in [0.25, 0.3) is 0 Å². The number of piperidine rings is 1. The maximum Gasteiger partial charge on any atom is 0.490 e. The van der Waals surface area contributed by atoms with E-state index in [1.165, 1.54) is 12.8 Å². The number of hydrogen-bond donors (Lipinski definition) is 2. The Hall–Kier alpha value is -1.29. The van der Waals surface area contributed by atoms with Crippen molar-refractivity contribution in [3.8, 4) is 6.07 Å². The van der Waals surface area contributed by atoms with Crippen molar-refractivity contribution >= 4 is 5.97 Å². The molecular formula is C9H13F3N2O2. The van der Waals surface area contributed by atoms with Crippen LogP contribution in [0.3, 0.4) is 0 Å². The van der Waals surface area contributed by atoms with Gasteiger partial charge in [-0.1, -0.05) is 0 Å². The lowest BCUT2D eigenvalue weighted by Crippen LogP contribution is -2.29. The average Bonchev–Trinajstić information content (AvgIpc) is 2.19. The number of hydrogen-bond acceptors (Lipinski definition) is 3. The zero-order valence-electron chi connectivity index (χ0n) is 8.55. The van der Waals surface area contributed by atoms with Crippen molar-refractivity contribution in [1.29, 1.82) is 5.26 Å². The molecule has 7 heteroatoms. The second-order valence-corrected chi connectivity index (χ2v) is 3.38. The molecule has 0 aliphatic carbocycles. The Kier molecular flexibility index (Phi) is 6.49. The smallest absolute Gasteiger partial charge is 0.475 e. The normalized spacial score (nSPS) is 20.2. The van der Waals surface area contributed by atoms with Crippen molar-refractivity contribution in [1.82, 2.24) is 5.32 Å². The average molecular weight is 238 g/mol. The molecule has 0 amide bonds. The number of rotatable bonds is 1. The van der Waals surface area contributed by atoms with Gasteiger partial charge in [0.05, 0.1) is 6.07 Å². The zero-order valence-corrected chi connectivity index (χ0v) is 8.55. The predicted molar refractivity (Wildman–Crippen MR) is 49.5 cm³/mol. The van der Waals surface area contributed by atoms with Gasteiger partial charge in [0.25, 0.3) is 0 Å². The summed E-state index contributed by atoms with van der Waals surface area (Å²) in [7, 11) is 0. The fourth-order valence-corrected chi connectivity index (χ4v) is 1.23. The van der Waals surface area contributed by atoms with Crippen LogP contribution in [0.4, 0.5) is 13.2 Å². The molecule has 0 unspecified atom stereocenters. The molecule has 1 aliphatic heterocycles. The zero-order chi connectivity index (χ0) is 12.6. The minimum absolute atomic E-state index is 0.628. The first-order valence-electron chi connectivity index (χ1n) is 4.75. The molecule has 0 aromatic carbocycles. The minimum atomic E-state index is -5.08. The van der Waals surface area contributed by atoms with Crippen LogP contribution in [0.2, 0.25) is 0 Å². The Morgan fingerprint density at radius 2 is 2.12 bits per heavy atom. The van der Waals surface area contributed by atoms with Crippen molar-refractivity contribution in [2.75, 3.05) is 13.1 Å². The van der Waals surface area contributed by atoms with Gasteiger partial charge in [-0.25, -0.2) is 4.79 Å². The first kappa shape index (κ1) is 14.7. The van der Waals surface area contributed by atoms with E-state index in [0.717, 1.165) is 19.5 Å². The molecule has 1 aliphatic rings. The Bertz CT molecular complexity index is 254. The van der Waals surface area contributed by atoms with Crippen molar-refractivity contribution in [2.24, 2.45) is 5.92 Å². The van der Waals surface area contributed by atoms with E-state index in [0.29, 0.717) is 5.92 Å². The van der Waals surface area contributed by atoms with Crippen LogP contribution in [0.5, 0.6) is 0 Å². The Morgan fingerprint density at radius 3 is 2.44 bits per heavy atom. The van der Waals surface area contributed by atoms with Crippen molar-refractivity contribution in [2.45, 2.75) is 25.4 Å². The molecule has 0 radical (unpaired) electrons. The van der Waals surface area contributed by atoms with Gasteiger partial charge in [0.1, 0.15) is 0 Å². The van der Waals surface area contributed by atoms with E-state index in [4.69, 9.17) is 15.2 Å². The maximum absolute atomic E-state index is 10.6. The number of carboxylic acid groups (broad SMARTS) is 1. The van der Waals surface area contributed by atoms with Crippen molar-refractivity contribution < 1.29 is 23.1 Å². The summed E-state index contributed by atoms with van der Waals surface area (Å²) in [5, 5.41) is 18.7. The van der Waals surface area contributed by atoms with Gasteiger partial charge in [-0.05, 0) is 31.8 Å². The van der Waals surface area contributed by atoms with Crippen molar-refractivity contribution in [3.05, 3.63) is 0 Å². The third-order valence-corrected chi connectivity index (χ3v) is 2.02. The summed E-state index contributed by atoms with van der Waals surface area (Å²) in [4.78, 5) is 8.90. The standard InChI is InChI=1S/C7H12N2.C2HF3O2/c8-4-3-7-2-1-5-9-6-7;3-2(4,5)1(6)7/h7,9H,1-3,5-6H2;(H,6,7)/t7-;/m0./s1. The first-order chi connectivity index (χ1) is 7.38. The van der Waals surface area contributed by atoms with Crippen molar-refractivity contribution in [3.63, 3.8) is 0 Å². The van der Waals surface area contributed by atoms with E-state index in [9.17, 15) is 13.2 Å². The van der Waals surface area contributed by atoms with E-state index < -0.39 is 12.1 Å². The molecule has 2 N–H and O–H groups in total. The Labute approximate surface area is 91.1 Å². The summed E-state index contributed by atoms with van der Waals surface area (Å²) in [6.07, 6.45) is -1.88. The molecule has 0 aromatic heterocycles. The lowest BCUT2D eigenvalue weighted by molar-refractivity contribution is -0.192. The van der Waals surface area contributed by atoms with Crippen LogP contribution in [0.15, 0.2) is 0 Å². The Balaban J connectivity index is 0.000000293. The van der Waals surface area contributed by atoms with Gasteiger partial charge in [0.15, 0.2) is 0 Å². The van der Waals surface area contributed by atoms with E-state index in [-0.39, 0.29) is 0 Å². The SMILES string of the molecule is N#CC[C@@H]1CCCNC1.O=C(O)C(F)(F)F. The summed E-state index contributed by atoms with van der Waals surface area (Å²) in [6, 6.07) is 2.20. The minimum Gasteiger partial charge on any atom is -0.475 e. The van der Waals surface area contributed by atoms with Crippen LogP contribution in [-0.4, -0.2) is 30.3 Å². The van der Waals surface area contributed by atoms with Gasteiger partial charge >= 0.3 is 12.1 Å². The highest BCUT2D eigenvalue weighted by Gasteiger charge is 2.38. The molecule has 92 valence electrons. The summed E-state index contributed by atoms with van der Waals surface area (Å²) in [6.45, 7) is 2.19. The molecular weight excluding hydrogens is 225 g/mol. The third-order valence-electron chi connectivity index (χ3n) is 2.02. The monoisotopic (exact) mass is 238 g/mol. The van der Waals surface area contributed by atoms with Gasteiger partial charge < -0.3 is 10.4 Å². The van der Waals surface area contributed by atoms with Gasteiger partial charge in [-0.15, -0.1) is 0 Å². The third kappa shape index (κ3) is 7.06. The van der Waals surface area contributed by atoms with Crippen LogP contribution in [-0.2, 0) is 4.79 Å². The molecule has 0 aromatic rings. The molecule has 4 nitrogen and oxygen atoms in total. The molecule has 0 spiro atoms. The number of halogens is 3. The first-order valence-corrected chi connectivity index (χ1v) is 4.75. The highest BCUT2D eigenvalue weighted by atomic mass is 19.4. The maximum atomic E-state index is 10.6. The molecule has 1 heterocycles. The van der Waals surface area contributed by atoms with Gasteiger partial charge in [0.2, 0.25) is 0 Å². The second-order valence-electron chi connectivity index (χ2n) is 3.38. The summed E-state index contributed by atoms with van der Waals surface area (Å²) < 4.78 is 31.7. The number of aliphatic carboxylic acids is 1. The molecule has 0 saturated carbocycles. The fraction of sp³-hybridized carbons (Fsp3) is 0.778.